The molecule has 0 aromatic heterocycles. The topological polar surface area (TPSA) is 63.7 Å². The highest BCUT2D eigenvalue weighted by Gasteiger charge is 2.73. The summed E-state index contributed by atoms with van der Waals surface area (Å²) in [6.45, 7) is 5.99. The number of hydrogen-bond donors (Lipinski definition) is 0. The van der Waals surface area contributed by atoms with Crippen molar-refractivity contribution >= 4 is 17.7 Å². The molecule has 2 fully saturated rings. The second-order valence-corrected chi connectivity index (χ2v) is 7.12. The van der Waals surface area contributed by atoms with Crippen LogP contribution in [-0.4, -0.2) is 40.2 Å². The predicted molar refractivity (Wildman–Crippen MR) is 82.4 cm³/mol. The summed E-state index contributed by atoms with van der Waals surface area (Å²) >= 11 is 0. The molecule has 5 nitrogen and oxygen atoms in total. The molecule has 2 atom stereocenters. The summed E-state index contributed by atoms with van der Waals surface area (Å²) in [6.07, 6.45) is 3.65. The minimum atomic E-state index is -1.32. The van der Waals surface area contributed by atoms with Gasteiger partial charge in [0.15, 0.2) is 0 Å². The standard InChI is InChI=1S/C18H21NO4/c1-10-12(3)18(23-16(10)22)15(21)11(2)13-6-4-5-9-19-14(20)7-8-17(13,18)19/h4-9H2,1-3H3/t17-,18+/m0/s1. The van der Waals surface area contributed by atoms with Crippen LogP contribution in [0.1, 0.15) is 52.9 Å². The normalized spacial score (nSPS) is 36.8. The Balaban J connectivity index is 2.04. The Labute approximate surface area is 135 Å². The molecule has 0 aromatic carbocycles. The van der Waals surface area contributed by atoms with E-state index >= 15 is 0 Å². The lowest BCUT2D eigenvalue weighted by atomic mass is 9.71. The van der Waals surface area contributed by atoms with E-state index in [0.29, 0.717) is 36.1 Å². The fraction of sp³-hybridized carbons (Fsp3) is 0.611. The van der Waals surface area contributed by atoms with Crippen LogP contribution in [0.3, 0.4) is 0 Å². The van der Waals surface area contributed by atoms with Crippen LogP contribution < -0.4 is 0 Å². The fourth-order valence-electron chi connectivity index (χ4n) is 5.16. The van der Waals surface area contributed by atoms with Crippen LogP contribution >= 0.6 is 0 Å². The molecule has 0 radical (unpaired) electrons. The summed E-state index contributed by atoms with van der Waals surface area (Å²) in [5, 5.41) is 0. The van der Waals surface area contributed by atoms with E-state index in [2.05, 4.69) is 0 Å². The number of ketones is 1. The van der Waals surface area contributed by atoms with Gasteiger partial charge in [-0.1, -0.05) is 0 Å². The number of ether oxygens (including phenoxy) is 1. The summed E-state index contributed by atoms with van der Waals surface area (Å²) in [4.78, 5) is 39.9. The zero-order chi connectivity index (χ0) is 16.6. The Morgan fingerprint density at radius 2 is 1.74 bits per heavy atom. The van der Waals surface area contributed by atoms with Gasteiger partial charge in [-0.3, -0.25) is 9.59 Å². The zero-order valence-corrected chi connectivity index (χ0v) is 13.8. The smallest absolute Gasteiger partial charge is 0.335 e. The van der Waals surface area contributed by atoms with Crippen LogP contribution in [-0.2, 0) is 19.1 Å². The molecule has 23 heavy (non-hydrogen) atoms. The van der Waals surface area contributed by atoms with E-state index in [1.165, 1.54) is 0 Å². The van der Waals surface area contributed by atoms with Crippen molar-refractivity contribution < 1.29 is 19.1 Å². The van der Waals surface area contributed by atoms with Gasteiger partial charge in [-0.05, 0) is 63.2 Å². The molecule has 0 N–H and O–H groups in total. The van der Waals surface area contributed by atoms with Crippen molar-refractivity contribution in [3.8, 4) is 0 Å². The maximum atomic E-state index is 13.2. The summed E-state index contributed by atoms with van der Waals surface area (Å²) in [5.74, 6) is -0.487. The van der Waals surface area contributed by atoms with Crippen molar-refractivity contribution in [2.45, 2.75) is 64.0 Å². The van der Waals surface area contributed by atoms with Crippen LogP contribution in [0.5, 0.6) is 0 Å². The minimum Gasteiger partial charge on any atom is -0.440 e. The quantitative estimate of drug-likeness (QED) is 0.642. The van der Waals surface area contributed by atoms with Crippen molar-refractivity contribution in [3.05, 3.63) is 22.3 Å². The van der Waals surface area contributed by atoms with Gasteiger partial charge in [0.2, 0.25) is 17.3 Å². The van der Waals surface area contributed by atoms with E-state index in [1.807, 2.05) is 18.7 Å². The molecular formula is C18H21NO4. The molecule has 4 rings (SSSR count). The summed E-state index contributed by atoms with van der Waals surface area (Å²) in [7, 11) is 0. The molecule has 3 heterocycles. The first-order chi connectivity index (χ1) is 10.9. The molecule has 0 unspecified atom stereocenters. The van der Waals surface area contributed by atoms with Crippen LogP contribution in [0, 0.1) is 0 Å². The van der Waals surface area contributed by atoms with Gasteiger partial charge in [0.05, 0.1) is 0 Å². The number of Topliss-reactive ketones (excluding diaryl/α,β-unsaturated/α-hetero) is 1. The highest BCUT2D eigenvalue weighted by Crippen LogP contribution is 2.60. The molecule has 2 spiro atoms. The van der Waals surface area contributed by atoms with Gasteiger partial charge in [-0.2, -0.15) is 0 Å². The SMILES string of the molecule is CC1=C(C)[C@@]2(OC1=O)C(=O)C(C)=C1CCCCN3C(=O)CC[C@@]132. The Bertz CT molecular complexity index is 731. The molecule has 0 aromatic rings. The van der Waals surface area contributed by atoms with Crippen molar-refractivity contribution in [3.63, 3.8) is 0 Å². The monoisotopic (exact) mass is 315 g/mol. The maximum Gasteiger partial charge on any atom is 0.335 e. The number of hydrogen-bond acceptors (Lipinski definition) is 4. The third-order valence-corrected chi connectivity index (χ3v) is 6.36. The minimum absolute atomic E-state index is 0.0691. The predicted octanol–water partition coefficient (Wildman–Crippen LogP) is 2.06. The number of carbonyl (C=O) groups is 3. The lowest BCUT2D eigenvalue weighted by Gasteiger charge is -2.46. The summed E-state index contributed by atoms with van der Waals surface area (Å²) < 4.78 is 5.80. The molecule has 4 aliphatic rings. The van der Waals surface area contributed by atoms with Crippen LogP contribution in [0.25, 0.3) is 0 Å². The first-order valence-corrected chi connectivity index (χ1v) is 8.34. The number of amides is 1. The van der Waals surface area contributed by atoms with Gasteiger partial charge < -0.3 is 9.64 Å². The Morgan fingerprint density at radius 1 is 1.00 bits per heavy atom. The van der Waals surface area contributed by atoms with Gasteiger partial charge in [0.25, 0.3) is 0 Å². The lowest BCUT2D eigenvalue weighted by molar-refractivity contribution is -0.165. The Morgan fingerprint density at radius 3 is 2.39 bits per heavy atom. The van der Waals surface area contributed by atoms with E-state index in [-0.39, 0.29) is 11.7 Å². The third kappa shape index (κ3) is 1.38. The lowest BCUT2D eigenvalue weighted by Crippen LogP contribution is -2.64. The van der Waals surface area contributed by atoms with Crippen molar-refractivity contribution in [2.75, 3.05) is 6.54 Å². The Kier molecular flexibility index (Phi) is 2.77. The molecule has 0 saturated carbocycles. The Hall–Kier alpha value is -1.91. The van der Waals surface area contributed by atoms with Gasteiger partial charge in [0, 0.05) is 18.5 Å². The maximum absolute atomic E-state index is 13.2. The first-order valence-electron chi connectivity index (χ1n) is 8.34. The van der Waals surface area contributed by atoms with E-state index in [4.69, 9.17) is 4.74 Å². The molecule has 3 aliphatic heterocycles. The highest BCUT2D eigenvalue weighted by molar-refractivity contribution is 6.15. The summed E-state index contributed by atoms with van der Waals surface area (Å²) in [5.41, 5.74) is 0.804. The number of esters is 1. The van der Waals surface area contributed by atoms with E-state index < -0.39 is 17.1 Å². The van der Waals surface area contributed by atoms with E-state index in [1.54, 1.807) is 6.92 Å². The summed E-state index contributed by atoms with van der Waals surface area (Å²) in [6, 6.07) is 0. The molecular weight excluding hydrogens is 294 g/mol. The van der Waals surface area contributed by atoms with Crippen LogP contribution in [0.2, 0.25) is 0 Å². The molecule has 122 valence electrons. The van der Waals surface area contributed by atoms with Gasteiger partial charge in [-0.15, -0.1) is 0 Å². The number of carbonyl (C=O) groups excluding carboxylic acids is 3. The average Bonchev–Trinajstić information content (AvgIpc) is 2.95. The second kappa shape index (κ2) is 4.34. The molecule has 0 bridgehead atoms. The molecule has 1 amide bonds. The molecule has 5 heteroatoms. The molecule has 2 saturated heterocycles. The largest absolute Gasteiger partial charge is 0.440 e. The van der Waals surface area contributed by atoms with E-state index in [0.717, 1.165) is 24.8 Å². The fourth-order valence-corrected chi connectivity index (χ4v) is 5.16. The zero-order valence-electron chi connectivity index (χ0n) is 13.8. The van der Waals surface area contributed by atoms with Crippen molar-refractivity contribution in [2.24, 2.45) is 0 Å². The first kappa shape index (κ1) is 14.7. The van der Waals surface area contributed by atoms with Crippen LogP contribution in [0.15, 0.2) is 22.3 Å². The number of nitrogens with zero attached hydrogens (tertiary/aromatic N) is 1. The van der Waals surface area contributed by atoms with Gasteiger partial charge in [0.1, 0.15) is 5.54 Å². The molecule has 1 aliphatic carbocycles. The average molecular weight is 315 g/mol. The van der Waals surface area contributed by atoms with Crippen molar-refractivity contribution in [1.82, 2.24) is 4.90 Å². The number of rotatable bonds is 0. The van der Waals surface area contributed by atoms with Crippen molar-refractivity contribution in [1.29, 1.82) is 0 Å². The van der Waals surface area contributed by atoms with Gasteiger partial charge in [-0.25, -0.2) is 4.79 Å². The van der Waals surface area contributed by atoms with E-state index in [9.17, 15) is 14.4 Å². The van der Waals surface area contributed by atoms with Crippen LogP contribution in [0.4, 0.5) is 0 Å². The third-order valence-electron chi connectivity index (χ3n) is 6.36. The highest BCUT2D eigenvalue weighted by atomic mass is 16.6. The van der Waals surface area contributed by atoms with Gasteiger partial charge >= 0.3 is 5.97 Å². The second-order valence-electron chi connectivity index (χ2n) is 7.12.